The minimum Gasteiger partial charge on any atom is -0.465 e. The molecule has 1 fully saturated rings. The highest BCUT2D eigenvalue weighted by atomic mass is 16.5. The highest BCUT2D eigenvalue weighted by molar-refractivity contribution is 5.82. The smallest absolute Gasteiger partial charge is 0.309 e. The fraction of sp³-hybridized carbons (Fsp3) is 0.923. The predicted molar refractivity (Wildman–Crippen MR) is 123 cm³/mol. The average Bonchev–Trinajstić information content (AvgIpc) is 2.76. The van der Waals surface area contributed by atoms with Crippen molar-refractivity contribution in [2.45, 2.75) is 118 Å². The minimum absolute atomic E-state index is 0.190. The predicted octanol–water partition coefficient (Wildman–Crippen LogP) is 7.09. The summed E-state index contributed by atoms with van der Waals surface area (Å²) in [6.07, 6.45) is 15.6. The van der Waals surface area contributed by atoms with Crippen LogP contribution in [0.5, 0.6) is 0 Å². The second kappa shape index (κ2) is 16.6. The Labute approximate surface area is 185 Å². The Morgan fingerprint density at radius 2 is 1.10 bits per heavy atom. The second-order valence-electron chi connectivity index (χ2n) is 9.67. The zero-order valence-corrected chi connectivity index (χ0v) is 20.3. The quantitative estimate of drug-likeness (QED) is 0.196. The van der Waals surface area contributed by atoms with Crippen molar-refractivity contribution in [3.05, 3.63) is 0 Å². The molecule has 0 radical (unpaired) electrons. The number of unbranched alkanes of at least 4 members (excludes halogenated alkanes) is 6. The Kier molecular flexibility index (Phi) is 14.9. The van der Waals surface area contributed by atoms with Crippen LogP contribution < -0.4 is 0 Å². The first-order valence-electron chi connectivity index (χ1n) is 12.8. The van der Waals surface area contributed by atoms with E-state index in [0.717, 1.165) is 38.5 Å². The van der Waals surface area contributed by atoms with Gasteiger partial charge in [0.25, 0.3) is 0 Å². The van der Waals surface area contributed by atoms with E-state index in [4.69, 9.17) is 9.47 Å². The van der Waals surface area contributed by atoms with E-state index in [0.29, 0.717) is 25.0 Å². The molecule has 0 aromatic heterocycles. The molecule has 176 valence electrons. The summed E-state index contributed by atoms with van der Waals surface area (Å²) in [7, 11) is 0. The van der Waals surface area contributed by atoms with Gasteiger partial charge in [0.2, 0.25) is 0 Å². The van der Waals surface area contributed by atoms with Gasteiger partial charge in [-0.15, -0.1) is 0 Å². The summed E-state index contributed by atoms with van der Waals surface area (Å²) < 4.78 is 11.3. The molecule has 30 heavy (non-hydrogen) atoms. The lowest BCUT2D eigenvalue weighted by atomic mass is 9.79. The Morgan fingerprint density at radius 1 is 0.700 bits per heavy atom. The number of carbonyl (C=O) groups excluding carboxylic acids is 2. The molecule has 0 saturated heterocycles. The minimum atomic E-state index is -0.321. The van der Waals surface area contributed by atoms with Gasteiger partial charge in [0.15, 0.2) is 0 Å². The number of esters is 2. The second-order valence-corrected chi connectivity index (χ2v) is 9.67. The van der Waals surface area contributed by atoms with Crippen molar-refractivity contribution < 1.29 is 19.1 Å². The van der Waals surface area contributed by atoms with Crippen LogP contribution in [0.15, 0.2) is 0 Å². The highest BCUT2D eigenvalue weighted by Gasteiger charge is 2.38. The van der Waals surface area contributed by atoms with Crippen molar-refractivity contribution in [2.75, 3.05) is 13.2 Å². The first-order valence-corrected chi connectivity index (χ1v) is 12.8. The molecule has 4 atom stereocenters. The van der Waals surface area contributed by atoms with Crippen LogP contribution in [-0.4, -0.2) is 25.2 Å². The van der Waals surface area contributed by atoms with Crippen molar-refractivity contribution >= 4 is 11.9 Å². The lowest BCUT2D eigenvalue weighted by molar-refractivity contribution is -0.164. The first kappa shape index (κ1) is 27.0. The van der Waals surface area contributed by atoms with Crippen LogP contribution in [0.1, 0.15) is 118 Å². The van der Waals surface area contributed by atoms with E-state index < -0.39 is 0 Å². The van der Waals surface area contributed by atoms with Gasteiger partial charge in [-0.3, -0.25) is 9.59 Å². The molecule has 4 nitrogen and oxygen atoms in total. The fourth-order valence-electron chi connectivity index (χ4n) is 4.36. The molecule has 0 aromatic carbocycles. The Bertz CT molecular complexity index is 420. The monoisotopic (exact) mass is 424 g/mol. The summed E-state index contributed by atoms with van der Waals surface area (Å²) in [5.74, 6) is -0.257. The summed E-state index contributed by atoms with van der Waals surface area (Å²) in [6.45, 7) is 9.66. The van der Waals surface area contributed by atoms with Gasteiger partial charge in [-0.05, 0) is 37.5 Å². The van der Waals surface area contributed by atoms with Crippen LogP contribution in [0.2, 0.25) is 0 Å². The fourth-order valence-corrected chi connectivity index (χ4v) is 4.36. The zero-order valence-electron chi connectivity index (χ0n) is 20.3. The van der Waals surface area contributed by atoms with Gasteiger partial charge in [0, 0.05) is 0 Å². The van der Waals surface area contributed by atoms with Gasteiger partial charge in [-0.25, -0.2) is 0 Å². The van der Waals surface area contributed by atoms with Gasteiger partial charge >= 0.3 is 11.9 Å². The van der Waals surface area contributed by atoms with Gasteiger partial charge in [0.1, 0.15) is 0 Å². The van der Waals surface area contributed by atoms with E-state index in [-0.39, 0.29) is 23.8 Å². The maximum atomic E-state index is 12.7. The highest BCUT2D eigenvalue weighted by Crippen LogP contribution is 2.32. The van der Waals surface area contributed by atoms with Crippen molar-refractivity contribution in [3.63, 3.8) is 0 Å². The molecule has 0 amide bonds. The Morgan fingerprint density at radius 3 is 1.47 bits per heavy atom. The third kappa shape index (κ3) is 11.4. The largest absolute Gasteiger partial charge is 0.465 e. The van der Waals surface area contributed by atoms with E-state index in [1.807, 2.05) is 0 Å². The van der Waals surface area contributed by atoms with Crippen molar-refractivity contribution in [1.82, 2.24) is 0 Å². The number of rotatable bonds is 16. The lowest BCUT2D eigenvalue weighted by Crippen LogP contribution is -2.36. The molecular weight excluding hydrogens is 376 g/mol. The molecule has 1 rings (SSSR count). The molecule has 4 unspecified atom stereocenters. The number of hydrogen-bond donors (Lipinski definition) is 0. The maximum Gasteiger partial charge on any atom is 0.309 e. The van der Waals surface area contributed by atoms with Crippen LogP contribution in [0, 0.1) is 23.7 Å². The Hall–Kier alpha value is -1.06. The van der Waals surface area contributed by atoms with E-state index in [1.165, 1.54) is 51.4 Å². The first-order chi connectivity index (χ1) is 14.5. The molecule has 0 spiro atoms. The van der Waals surface area contributed by atoms with Crippen molar-refractivity contribution in [2.24, 2.45) is 23.7 Å². The lowest BCUT2D eigenvalue weighted by Gasteiger charge is -2.29. The molecular formula is C26H48O4. The summed E-state index contributed by atoms with van der Waals surface area (Å²) in [5.41, 5.74) is 0. The molecule has 0 aromatic rings. The summed E-state index contributed by atoms with van der Waals surface area (Å²) in [6, 6.07) is 0. The van der Waals surface area contributed by atoms with Gasteiger partial charge in [-0.2, -0.15) is 0 Å². The van der Waals surface area contributed by atoms with E-state index in [9.17, 15) is 9.59 Å². The Balaban J connectivity index is 2.37. The molecule has 0 bridgehead atoms. The van der Waals surface area contributed by atoms with Crippen LogP contribution in [0.4, 0.5) is 0 Å². The van der Waals surface area contributed by atoms with Crippen LogP contribution in [0.25, 0.3) is 0 Å². The normalized spacial score (nSPS) is 21.1. The summed E-state index contributed by atoms with van der Waals surface area (Å²) in [5, 5.41) is 0. The molecule has 1 aliphatic carbocycles. The van der Waals surface area contributed by atoms with Gasteiger partial charge < -0.3 is 9.47 Å². The third-order valence-electron chi connectivity index (χ3n) is 6.49. The molecule has 0 aliphatic heterocycles. The number of hydrogen-bond acceptors (Lipinski definition) is 4. The topological polar surface area (TPSA) is 52.6 Å². The van der Waals surface area contributed by atoms with E-state index >= 15 is 0 Å². The molecule has 4 heteroatoms. The van der Waals surface area contributed by atoms with E-state index in [1.54, 1.807) is 0 Å². The molecule has 1 aliphatic rings. The average molecular weight is 425 g/mol. The van der Waals surface area contributed by atoms with Gasteiger partial charge in [-0.1, -0.05) is 91.9 Å². The maximum absolute atomic E-state index is 12.7. The SMILES string of the molecule is CCCCCCC(C)COC(=O)C1CCCCC1C(=O)OCC(C)CCCCCC. The van der Waals surface area contributed by atoms with Crippen molar-refractivity contribution in [1.29, 1.82) is 0 Å². The van der Waals surface area contributed by atoms with Gasteiger partial charge in [0.05, 0.1) is 25.0 Å². The molecule has 0 heterocycles. The number of ether oxygens (including phenoxy) is 2. The standard InChI is InChI=1S/C26H48O4/c1-5-7-9-11-15-21(3)19-29-25(27)23-17-13-14-18-24(23)26(28)30-20-22(4)16-12-10-8-6-2/h21-24H,5-20H2,1-4H3. The number of carbonyl (C=O) groups is 2. The van der Waals surface area contributed by atoms with Crippen molar-refractivity contribution in [3.8, 4) is 0 Å². The third-order valence-corrected chi connectivity index (χ3v) is 6.49. The van der Waals surface area contributed by atoms with E-state index in [2.05, 4.69) is 27.7 Å². The molecule has 1 saturated carbocycles. The van der Waals surface area contributed by atoms with Crippen LogP contribution >= 0.6 is 0 Å². The molecule has 0 N–H and O–H groups in total. The summed E-state index contributed by atoms with van der Waals surface area (Å²) >= 11 is 0. The van der Waals surface area contributed by atoms with Crippen LogP contribution in [-0.2, 0) is 19.1 Å². The summed E-state index contributed by atoms with van der Waals surface area (Å²) in [4.78, 5) is 25.4. The zero-order chi connectivity index (χ0) is 22.2. The van der Waals surface area contributed by atoms with Crippen LogP contribution in [0.3, 0.4) is 0 Å².